The number of rotatable bonds is 4. The van der Waals surface area contributed by atoms with E-state index in [0.717, 1.165) is 26.7 Å². The van der Waals surface area contributed by atoms with E-state index in [1.165, 1.54) is 46.4 Å². The molecular formula is C19H20BrN3S2. The first kappa shape index (κ1) is 17.3. The summed E-state index contributed by atoms with van der Waals surface area (Å²) in [5, 5.41) is 1.29. The monoisotopic (exact) mass is 433 g/mol. The van der Waals surface area contributed by atoms with E-state index >= 15 is 0 Å². The van der Waals surface area contributed by atoms with Gasteiger partial charge in [-0.1, -0.05) is 15.9 Å². The maximum Gasteiger partial charge on any atom is 0.142 e. The van der Waals surface area contributed by atoms with Crippen LogP contribution in [0.2, 0.25) is 0 Å². The number of thiophene rings is 1. The van der Waals surface area contributed by atoms with Crippen LogP contribution in [-0.2, 0) is 18.6 Å². The summed E-state index contributed by atoms with van der Waals surface area (Å²) in [6.07, 6.45) is 4.96. The van der Waals surface area contributed by atoms with Crippen molar-refractivity contribution in [3.8, 4) is 0 Å². The molecule has 6 heteroatoms. The Bertz CT molecular complexity index is 903. The minimum atomic E-state index is 0.793. The zero-order valence-electron chi connectivity index (χ0n) is 14.4. The average molecular weight is 434 g/mol. The first-order valence-electron chi connectivity index (χ1n) is 8.48. The first-order valence-corrected chi connectivity index (χ1v) is 11.1. The highest BCUT2D eigenvalue weighted by Gasteiger charge is 2.21. The number of nitrogens with zero attached hydrogens (tertiary/aromatic N) is 3. The zero-order valence-corrected chi connectivity index (χ0v) is 17.6. The molecule has 2 aromatic heterocycles. The van der Waals surface area contributed by atoms with Crippen LogP contribution in [0.3, 0.4) is 0 Å². The molecule has 25 heavy (non-hydrogen) atoms. The van der Waals surface area contributed by atoms with Crippen LogP contribution in [0.1, 0.15) is 29.1 Å². The molecule has 0 bridgehead atoms. The number of thioether (sulfide) groups is 1. The van der Waals surface area contributed by atoms with E-state index in [1.54, 1.807) is 11.8 Å². The second kappa shape index (κ2) is 7.25. The normalized spacial score (nSPS) is 13.9. The highest BCUT2D eigenvalue weighted by atomic mass is 79.9. The van der Waals surface area contributed by atoms with Crippen LogP contribution in [0.4, 0.5) is 5.82 Å². The minimum absolute atomic E-state index is 0.793. The van der Waals surface area contributed by atoms with Crippen LogP contribution in [0.5, 0.6) is 0 Å². The number of aryl methyl sites for hydroxylation is 2. The lowest BCUT2D eigenvalue weighted by Crippen LogP contribution is -2.13. The van der Waals surface area contributed by atoms with Gasteiger partial charge in [-0.25, -0.2) is 9.97 Å². The Morgan fingerprint density at radius 2 is 1.88 bits per heavy atom. The summed E-state index contributed by atoms with van der Waals surface area (Å²) in [5.41, 5.74) is 1.50. The molecule has 0 spiro atoms. The van der Waals surface area contributed by atoms with Gasteiger partial charge in [-0.05, 0) is 55.5 Å². The number of anilines is 1. The molecule has 0 aliphatic heterocycles. The van der Waals surface area contributed by atoms with Crippen LogP contribution in [0.25, 0.3) is 10.2 Å². The van der Waals surface area contributed by atoms with Crippen LogP contribution in [0.15, 0.2) is 33.6 Å². The predicted molar refractivity (Wildman–Crippen MR) is 112 cm³/mol. The lowest BCUT2D eigenvalue weighted by atomic mass is 9.97. The summed E-state index contributed by atoms with van der Waals surface area (Å²) < 4.78 is 1.11. The van der Waals surface area contributed by atoms with Crippen molar-refractivity contribution < 1.29 is 0 Å². The van der Waals surface area contributed by atoms with Crippen molar-refractivity contribution >= 4 is 55.1 Å². The molecule has 0 N–H and O–H groups in total. The topological polar surface area (TPSA) is 29.0 Å². The third-order valence-corrected chi connectivity index (χ3v) is 7.17. The van der Waals surface area contributed by atoms with Gasteiger partial charge >= 0.3 is 0 Å². The van der Waals surface area contributed by atoms with Crippen LogP contribution in [-0.4, -0.2) is 24.1 Å². The molecule has 0 saturated heterocycles. The van der Waals surface area contributed by atoms with E-state index in [1.807, 2.05) is 11.3 Å². The van der Waals surface area contributed by atoms with Gasteiger partial charge in [0.1, 0.15) is 16.5 Å². The fraction of sp³-hybridized carbons (Fsp3) is 0.368. The van der Waals surface area contributed by atoms with E-state index in [9.17, 15) is 0 Å². The fourth-order valence-electron chi connectivity index (χ4n) is 3.25. The van der Waals surface area contributed by atoms with Crippen molar-refractivity contribution in [3.63, 3.8) is 0 Å². The summed E-state index contributed by atoms with van der Waals surface area (Å²) in [7, 11) is 4.17. The van der Waals surface area contributed by atoms with Gasteiger partial charge < -0.3 is 4.90 Å². The molecule has 0 atom stereocenters. The molecule has 4 rings (SSSR count). The van der Waals surface area contributed by atoms with Gasteiger partial charge in [-0.15, -0.1) is 23.1 Å². The van der Waals surface area contributed by atoms with E-state index in [4.69, 9.17) is 9.97 Å². The lowest BCUT2D eigenvalue weighted by molar-refractivity contribution is 0.700. The van der Waals surface area contributed by atoms with Crippen molar-refractivity contribution in [2.24, 2.45) is 0 Å². The first-order chi connectivity index (χ1) is 12.1. The number of aromatic nitrogens is 2. The summed E-state index contributed by atoms with van der Waals surface area (Å²) in [4.78, 5) is 15.9. The molecule has 1 aromatic carbocycles. The van der Waals surface area contributed by atoms with Crippen molar-refractivity contribution in [1.29, 1.82) is 0 Å². The molecule has 0 amide bonds. The highest BCUT2D eigenvalue weighted by molar-refractivity contribution is 9.10. The predicted octanol–water partition coefficient (Wildman–Crippen LogP) is 5.69. The quantitative estimate of drug-likeness (QED) is 0.494. The van der Waals surface area contributed by atoms with E-state index in [0.29, 0.717) is 0 Å². The standard InChI is InChI=1S/C19H20BrN3S2/c1-23(2)18-17-14-5-3-4-6-15(14)25-19(17)22-16(21-18)11-24-13-9-7-12(20)8-10-13/h7-10H,3-6,11H2,1-2H3. The van der Waals surface area contributed by atoms with E-state index in [-0.39, 0.29) is 0 Å². The molecule has 3 nitrogen and oxygen atoms in total. The van der Waals surface area contributed by atoms with Gasteiger partial charge in [0.05, 0.1) is 11.1 Å². The molecular weight excluding hydrogens is 414 g/mol. The number of halogens is 1. The maximum atomic E-state index is 4.91. The summed E-state index contributed by atoms with van der Waals surface area (Å²) in [5.74, 6) is 2.79. The molecule has 130 valence electrons. The molecule has 0 unspecified atom stereocenters. The van der Waals surface area contributed by atoms with Crippen molar-refractivity contribution in [2.45, 2.75) is 36.3 Å². The van der Waals surface area contributed by atoms with Gasteiger partial charge in [-0.3, -0.25) is 0 Å². The molecule has 0 saturated carbocycles. The largest absolute Gasteiger partial charge is 0.362 e. The van der Waals surface area contributed by atoms with Crippen LogP contribution >= 0.6 is 39.0 Å². The number of hydrogen-bond acceptors (Lipinski definition) is 5. The Balaban J connectivity index is 1.68. The summed E-state index contributed by atoms with van der Waals surface area (Å²) >= 11 is 7.15. The van der Waals surface area contributed by atoms with Crippen LogP contribution < -0.4 is 4.90 Å². The maximum absolute atomic E-state index is 4.91. The Hall–Kier alpha value is -1.11. The number of benzene rings is 1. The second-order valence-corrected chi connectivity index (χ2v) is 9.54. The van der Waals surface area contributed by atoms with Gasteiger partial charge in [0.15, 0.2) is 0 Å². The third-order valence-electron chi connectivity index (χ3n) is 4.45. The smallest absolute Gasteiger partial charge is 0.142 e. The zero-order chi connectivity index (χ0) is 17.4. The minimum Gasteiger partial charge on any atom is -0.362 e. The number of fused-ring (bicyclic) bond motifs is 3. The Kier molecular flexibility index (Phi) is 5.02. The van der Waals surface area contributed by atoms with Crippen LogP contribution in [0, 0.1) is 0 Å². The molecule has 1 aliphatic rings. The van der Waals surface area contributed by atoms with Crippen molar-refractivity contribution in [3.05, 3.63) is 45.0 Å². The molecule has 0 fully saturated rings. The molecule has 2 heterocycles. The molecule has 1 aliphatic carbocycles. The SMILES string of the molecule is CN(C)c1nc(CSc2ccc(Br)cc2)nc2sc3c(c12)CCCC3. The van der Waals surface area contributed by atoms with Gasteiger partial charge in [0.25, 0.3) is 0 Å². The van der Waals surface area contributed by atoms with Gasteiger partial charge in [0.2, 0.25) is 0 Å². The third kappa shape index (κ3) is 3.57. The Morgan fingerprint density at radius 3 is 2.64 bits per heavy atom. The molecule has 0 radical (unpaired) electrons. The number of hydrogen-bond donors (Lipinski definition) is 0. The average Bonchev–Trinajstić information content (AvgIpc) is 2.98. The summed E-state index contributed by atoms with van der Waals surface area (Å²) in [6.45, 7) is 0. The Labute approximate surface area is 165 Å². The van der Waals surface area contributed by atoms with Crippen molar-refractivity contribution in [1.82, 2.24) is 9.97 Å². The van der Waals surface area contributed by atoms with Gasteiger partial charge in [-0.2, -0.15) is 0 Å². The van der Waals surface area contributed by atoms with E-state index < -0.39 is 0 Å². The lowest BCUT2D eigenvalue weighted by Gasteiger charge is -2.16. The van der Waals surface area contributed by atoms with E-state index in [2.05, 4.69) is 59.2 Å². The fourth-order valence-corrected chi connectivity index (χ4v) is 5.54. The second-order valence-electron chi connectivity index (χ2n) is 6.49. The van der Waals surface area contributed by atoms with Crippen molar-refractivity contribution in [2.75, 3.05) is 19.0 Å². The Morgan fingerprint density at radius 1 is 1.12 bits per heavy atom. The van der Waals surface area contributed by atoms with Gasteiger partial charge in [0, 0.05) is 28.3 Å². The highest BCUT2D eigenvalue weighted by Crippen LogP contribution is 2.39. The molecule has 3 aromatic rings. The summed E-state index contributed by atoms with van der Waals surface area (Å²) in [6, 6.07) is 8.41.